The van der Waals surface area contributed by atoms with E-state index in [4.69, 9.17) is 4.52 Å². The Labute approximate surface area is 164 Å². The molecule has 0 atom stereocenters. The Hall–Kier alpha value is -2.93. The summed E-state index contributed by atoms with van der Waals surface area (Å²) in [6.45, 7) is 5.48. The molecule has 6 nitrogen and oxygen atoms in total. The average Bonchev–Trinajstić information content (AvgIpc) is 3.09. The first kappa shape index (κ1) is 19.8. The minimum Gasteiger partial charge on any atom is -0.356 e. The molecule has 0 radical (unpaired) electrons. The molecule has 0 fully saturated rings. The third-order valence-corrected chi connectivity index (χ3v) is 6.22. The molecule has 146 valence electrons. The summed E-state index contributed by atoms with van der Waals surface area (Å²) in [4.78, 5) is 12.3. The Bertz CT molecular complexity index is 1100. The first-order valence-electron chi connectivity index (χ1n) is 8.88. The van der Waals surface area contributed by atoms with Crippen molar-refractivity contribution in [2.45, 2.75) is 32.1 Å². The predicted octanol–water partition coefficient (Wildman–Crippen LogP) is 4.07. The molecule has 0 bridgehead atoms. The van der Waals surface area contributed by atoms with Gasteiger partial charge < -0.3 is 9.84 Å². The second-order valence-corrected chi connectivity index (χ2v) is 8.87. The number of benzene rings is 2. The number of hydrogen-bond acceptors (Lipinski definition) is 5. The molecule has 7 heteroatoms. The molecule has 28 heavy (non-hydrogen) atoms. The van der Waals surface area contributed by atoms with Gasteiger partial charge in [0.1, 0.15) is 0 Å². The highest BCUT2D eigenvalue weighted by atomic mass is 32.2. The van der Waals surface area contributed by atoms with Gasteiger partial charge in [0.15, 0.2) is 15.6 Å². The summed E-state index contributed by atoms with van der Waals surface area (Å²) in [5, 5.41) is 6.56. The fourth-order valence-corrected chi connectivity index (χ4v) is 4.32. The van der Waals surface area contributed by atoms with Gasteiger partial charge in [-0.15, -0.1) is 0 Å². The minimum atomic E-state index is -3.63. The van der Waals surface area contributed by atoms with E-state index >= 15 is 0 Å². The average molecular weight is 398 g/mol. The number of nitrogens with one attached hydrogen (secondary N) is 1. The van der Waals surface area contributed by atoms with Crippen molar-refractivity contribution in [1.29, 1.82) is 0 Å². The lowest BCUT2D eigenvalue weighted by atomic mass is 10.1. The molecule has 0 aliphatic heterocycles. The van der Waals surface area contributed by atoms with Gasteiger partial charge in [0, 0.05) is 23.7 Å². The van der Waals surface area contributed by atoms with E-state index in [1.54, 1.807) is 50.2 Å². The zero-order valence-corrected chi connectivity index (χ0v) is 16.8. The van der Waals surface area contributed by atoms with Crippen molar-refractivity contribution < 1.29 is 17.7 Å². The number of amides is 1. The zero-order valence-electron chi connectivity index (χ0n) is 16.0. The molecular weight excluding hydrogens is 376 g/mol. The molecule has 0 aliphatic carbocycles. The molecule has 2 aromatic carbocycles. The van der Waals surface area contributed by atoms with Crippen molar-refractivity contribution in [2.75, 3.05) is 11.1 Å². The van der Waals surface area contributed by atoms with Crippen LogP contribution in [0.25, 0.3) is 11.3 Å². The molecule has 0 saturated carbocycles. The van der Waals surface area contributed by atoms with Crippen molar-refractivity contribution in [2.24, 2.45) is 0 Å². The number of rotatable bonds is 6. The number of nitrogens with zero attached hydrogens (tertiary/aromatic N) is 1. The van der Waals surface area contributed by atoms with E-state index in [0.717, 1.165) is 5.56 Å². The Balaban J connectivity index is 1.73. The summed E-state index contributed by atoms with van der Waals surface area (Å²) in [6, 6.07) is 14.2. The van der Waals surface area contributed by atoms with E-state index in [2.05, 4.69) is 10.5 Å². The molecule has 0 spiro atoms. The van der Waals surface area contributed by atoms with Crippen molar-refractivity contribution >= 4 is 21.4 Å². The van der Waals surface area contributed by atoms with Crippen LogP contribution in [0.3, 0.4) is 0 Å². The standard InChI is InChI=1S/C21H22N2O4S/c1-14-4-8-18(9-5-14)22-21(24)10-11-28(25,26)20-13-17(7-6-15(20)2)19-12-16(3)23-27-19/h4-9,12-13H,10-11H2,1-3H3,(H,22,24). The Morgan fingerprint density at radius 2 is 1.75 bits per heavy atom. The zero-order chi connectivity index (χ0) is 20.3. The summed E-state index contributed by atoms with van der Waals surface area (Å²) in [7, 11) is -3.63. The third kappa shape index (κ3) is 4.67. The van der Waals surface area contributed by atoms with Gasteiger partial charge in [-0.2, -0.15) is 0 Å². The van der Waals surface area contributed by atoms with E-state index in [-0.39, 0.29) is 23.0 Å². The predicted molar refractivity (Wildman–Crippen MR) is 108 cm³/mol. The van der Waals surface area contributed by atoms with Gasteiger partial charge in [0.05, 0.1) is 16.3 Å². The summed E-state index contributed by atoms with van der Waals surface area (Å²) in [6.07, 6.45) is -0.124. The van der Waals surface area contributed by atoms with Gasteiger partial charge in [-0.3, -0.25) is 4.79 Å². The van der Waals surface area contributed by atoms with E-state index in [0.29, 0.717) is 28.3 Å². The lowest BCUT2D eigenvalue weighted by molar-refractivity contribution is -0.115. The van der Waals surface area contributed by atoms with Gasteiger partial charge in [-0.25, -0.2) is 8.42 Å². The number of anilines is 1. The molecule has 3 rings (SSSR count). The van der Waals surface area contributed by atoms with E-state index in [1.807, 2.05) is 19.1 Å². The van der Waals surface area contributed by atoms with Crippen LogP contribution >= 0.6 is 0 Å². The molecule has 0 saturated heterocycles. The number of carbonyl (C=O) groups excluding carboxylic acids is 1. The maximum absolute atomic E-state index is 12.8. The van der Waals surface area contributed by atoms with Crippen molar-refractivity contribution in [3.8, 4) is 11.3 Å². The second-order valence-electron chi connectivity index (χ2n) is 6.80. The van der Waals surface area contributed by atoms with Crippen molar-refractivity contribution in [3.63, 3.8) is 0 Å². The Morgan fingerprint density at radius 3 is 2.39 bits per heavy atom. The van der Waals surface area contributed by atoms with Gasteiger partial charge in [-0.05, 0) is 44.5 Å². The third-order valence-electron chi connectivity index (χ3n) is 4.37. The van der Waals surface area contributed by atoms with Crippen LogP contribution < -0.4 is 5.32 Å². The quantitative estimate of drug-likeness (QED) is 0.676. The van der Waals surface area contributed by atoms with E-state index in [9.17, 15) is 13.2 Å². The Kier molecular flexibility index (Phi) is 5.65. The largest absolute Gasteiger partial charge is 0.356 e. The highest BCUT2D eigenvalue weighted by molar-refractivity contribution is 7.91. The van der Waals surface area contributed by atoms with Crippen LogP contribution in [0.5, 0.6) is 0 Å². The molecule has 0 aliphatic rings. The first-order valence-corrected chi connectivity index (χ1v) is 10.5. The number of aryl methyl sites for hydroxylation is 3. The molecule has 1 N–H and O–H groups in total. The topological polar surface area (TPSA) is 89.3 Å². The number of sulfone groups is 1. The highest BCUT2D eigenvalue weighted by Crippen LogP contribution is 2.26. The summed E-state index contributed by atoms with van der Waals surface area (Å²) >= 11 is 0. The van der Waals surface area contributed by atoms with Crippen LogP contribution in [0.4, 0.5) is 5.69 Å². The fourth-order valence-electron chi connectivity index (χ4n) is 2.79. The summed E-state index contributed by atoms with van der Waals surface area (Å²) in [5.74, 6) is -0.108. The van der Waals surface area contributed by atoms with E-state index in [1.165, 1.54) is 0 Å². The van der Waals surface area contributed by atoms with Crippen LogP contribution in [0.2, 0.25) is 0 Å². The number of carbonyl (C=O) groups is 1. The number of aromatic nitrogens is 1. The summed E-state index contributed by atoms with van der Waals surface area (Å²) < 4.78 is 30.9. The lowest BCUT2D eigenvalue weighted by Gasteiger charge is -2.10. The normalized spacial score (nSPS) is 11.4. The van der Waals surface area contributed by atoms with Crippen LogP contribution in [-0.4, -0.2) is 25.2 Å². The molecular formula is C21H22N2O4S. The minimum absolute atomic E-state index is 0.124. The van der Waals surface area contributed by atoms with Crippen LogP contribution in [0.1, 0.15) is 23.2 Å². The molecule has 0 unspecified atom stereocenters. The SMILES string of the molecule is Cc1ccc(NC(=O)CCS(=O)(=O)c2cc(-c3cc(C)no3)ccc2C)cc1. The van der Waals surface area contributed by atoms with Crippen LogP contribution in [0.15, 0.2) is 57.9 Å². The van der Waals surface area contributed by atoms with Crippen LogP contribution in [0, 0.1) is 20.8 Å². The van der Waals surface area contributed by atoms with Gasteiger partial charge >= 0.3 is 0 Å². The van der Waals surface area contributed by atoms with Gasteiger partial charge in [0.2, 0.25) is 5.91 Å². The lowest BCUT2D eigenvalue weighted by Crippen LogP contribution is -2.18. The van der Waals surface area contributed by atoms with Crippen molar-refractivity contribution in [3.05, 3.63) is 65.4 Å². The smallest absolute Gasteiger partial charge is 0.225 e. The van der Waals surface area contributed by atoms with Crippen LogP contribution in [-0.2, 0) is 14.6 Å². The molecule has 3 aromatic rings. The Morgan fingerprint density at radius 1 is 1.04 bits per heavy atom. The van der Waals surface area contributed by atoms with Gasteiger partial charge in [-0.1, -0.05) is 35.0 Å². The molecule has 1 amide bonds. The molecule has 1 aromatic heterocycles. The maximum atomic E-state index is 12.8. The van der Waals surface area contributed by atoms with E-state index < -0.39 is 9.84 Å². The molecule has 1 heterocycles. The number of hydrogen-bond donors (Lipinski definition) is 1. The highest BCUT2D eigenvalue weighted by Gasteiger charge is 2.20. The summed E-state index contributed by atoms with van der Waals surface area (Å²) in [5.41, 5.74) is 3.70. The fraction of sp³-hybridized carbons (Fsp3) is 0.238. The first-order chi connectivity index (χ1) is 13.2. The van der Waals surface area contributed by atoms with Gasteiger partial charge in [0.25, 0.3) is 0 Å². The second kappa shape index (κ2) is 7.98. The maximum Gasteiger partial charge on any atom is 0.225 e. The monoisotopic (exact) mass is 398 g/mol. The van der Waals surface area contributed by atoms with Crippen molar-refractivity contribution in [1.82, 2.24) is 5.16 Å².